The van der Waals surface area contributed by atoms with E-state index in [-0.39, 0.29) is 11.7 Å². The molecule has 19 heavy (non-hydrogen) atoms. The van der Waals surface area contributed by atoms with E-state index in [0.717, 1.165) is 19.4 Å². The first-order valence-electron chi connectivity index (χ1n) is 5.97. The van der Waals surface area contributed by atoms with Crippen molar-refractivity contribution in [3.05, 3.63) is 22.2 Å². The van der Waals surface area contributed by atoms with E-state index in [4.69, 9.17) is 19.3 Å². The molecule has 0 saturated carbocycles. The zero-order chi connectivity index (χ0) is 13.8. The highest BCUT2D eigenvalue weighted by molar-refractivity contribution is 9.10. The summed E-state index contributed by atoms with van der Waals surface area (Å²) in [7, 11) is 1.48. The second-order valence-electron chi connectivity index (χ2n) is 4.25. The Balaban J connectivity index is 2.25. The summed E-state index contributed by atoms with van der Waals surface area (Å²) in [6.07, 6.45) is 1.84. The van der Waals surface area contributed by atoms with Gasteiger partial charge in [-0.25, -0.2) is 4.79 Å². The molecule has 5 nitrogen and oxygen atoms in total. The highest BCUT2D eigenvalue weighted by Crippen LogP contribution is 2.38. The van der Waals surface area contributed by atoms with E-state index < -0.39 is 5.97 Å². The third-order valence-electron chi connectivity index (χ3n) is 2.88. The summed E-state index contributed by atoms with van der Waals surface area (Å²) in [4.78, 5) is 11.0. The lowest BCUT2D eigenvalue weighted by atomic mass is 10.1. The van der Waals surface area contributed by atoms with E-state index in [9.17, 15) is 4.79 Å². The molecule has 0 bridgehead atoms. The van der Waals surface area contributed by atoms with Crippen molar-refractivity contribution in [3.8, 4) is 11.5 Å². The smallest absolute Gasteiger partial charge is 0.335 e. The molecule has 1 saturated heterocycles. The molecule has 1 N–H and O–H groups in total. The Kier molecular flexibility index (Phi) is 4.66. The molecule has 1 aromatic carbocycles. The Morgan fingerprint density at radius 1 is 1.53 bits per heavy atom. The van der Waals surface area contributed by atoms with Gasteiger partial charge in [0.25, 0.3) is 0 Å². The van der Waals surface area contributed by atoms with Gasteiger partial charge in [-0.1, -0.05) is 0 Å². The molecule has 1 fully saturated rings. The van der Waals surface area contributed by atoms with Crippen molar-refractivity contribution in [1.29, 1.82) is 0 Å². The topological polar surface area (TPSA) is 65.0 Å². The van der Waals surface area contributed by atoms with E-state index >= 15 is 0 Å². The van der Waals surface area contributed by atoms with E-state index in [0.29, 0.717) is 22.6 Å². The van der Waals surface area contributed by atoms with Crippen LogP contribution in [0.15, 0.2) is 16.6 Å². The fraction of sp³-hybridized carbons (Fsp3) is 0.462. The number of rotatable bonds is 4. The number of ether oxygens (including phenoxy) is 3. The number of carboxylic acids is 1. The molecule has 104 valence electrons. The first-order valence-corrected chi connectivity index (χ1v) is 6.76. The quantitative estimate of drug-likeness (QED) is 0.919. The average Bonchev–Trinajstić information content (AvgIpc) is 2.41. The maximum absolute atomic E-state index is 11.0. The SMILES string of the molecule is COc1cc(C(=O)O)cc(Br)c1OC1CCCOC1. The molecule has 1 unspecified atom stereocenters. The molecule has 1 heterocycles. The summed E-state index contributed by atoms with van der Waals surface area (Å²) in [6.45, 7) is 1.30. The number of aromatic carboxylic acids is 1. The third kappa shape index (κ3) is 3.39. The molecule has 0 amide bonds. The Hall–Kier alpha value is -1.27. The Labute approximate surface area is 119 Å². The van der Waals surface area contributed by atoms with Crippen LogP contribution in [0, 0.1) is 0 Å². The molecule has 0 aliphatic carbocycles. The molecular weight excluding hydrogens is 316 g/mol. The highest BCUT2D eigenvalue weighted by Gasteiger charge is 2.21. The monoisotopic (exact) mass is 330 g/mol. The van der Waals surface area contributed by atoms with Gasteiger partial charge in [-0.3, -0.25) is 0 Å². The van der Waals surface area contributed by atoms with Crippen molar-refractivity contribution >= 4 is 21.9 Å². The van der Waals surface area contributed by atoms with Gasteiger partial charge in [0.2, 0.25) is 0 Å². The second-order valence-corrected chi connectivity index (χ2v) is 5.11. The largest absolute Gasteiger partial charge is 0.493 e. The van der Waals surface area contributed by atoms with Crippen molar-refractivity contribution in [1.82, 2.24) is 0 Å². The third-order valence-corrected chi connectivity index (χ3v) is 3.47. The summed E-state index contributed by atoms with van der Waals surface area (Å²) in [5.41, 5.74) is 0.149. The molecule has 1 atom stereocenters. The number of hydrogen-bond donors (Lipinski definition) is 1. The van der Waals surface area contributed by atoms with Gasteiger partial charge in [0.1, 0.15) is 6.10 Å². The second kappa shape index (κ2) is 6.25. The van der Waals surface area contributed by atoms with Crippen molar-refractivity contribution in [2.24, 2.45) is 0 Å². The summed E-state index contributed by atoms with van der Waals surface area (Å²) in [6, 6.07) is 2.95. The van der Waals surface area contributed by atoms with Gasteiger partial charge in [0, 0.05) is 6.61 Å². The Bertz CT molecular complexity index is 468. The van der Waals surface area contributed by atoms with Crippen LogP contribution in [0.2, 0.25) is 0 Å². The van der Waals surface area contributed by atoms with Gasteiger partial charge in [0.15, 0.2) is 11.5 Å². The van der Waals surface area contributed by atoms with Crippen LogP contribution in [0.25, 0.3) is 0 Å². The van der Waals surface area contributed by atoms with Crippen molar-refractivity contribution < 1.29 is 24.1 Å². The van der Waals surface area contributed by atoms with Crippen molar-refractivity contribution in [2.75, 3.05) is 20.3 Å². The number of carboxylic acid groups (broad SMARTS) is 1. The van der Waals surface area contributed by atoms with Gasteiger partial charge >= 0.3 is 5.97 Å². The first-order chi connectivity index (χ1) is 9.11. The van der Waals surface area contributed by atoms with Gasteiger partial charge in [-0.05, 0) is 40.9 Å². The standard InChI is InChI=1S/C13H15BrO5/c1-17-11-6-8(13(15)16)5-10(14)12(11)19-9-3-2-4-18-7-9/h5-6,9H,2-4,7H2,1H3,(H,15,16). The van der Waals surface area contributed by atoms with Crippen LogP contribution in [0.1, 0.15) is 23.2 Å². The fourth-order valence-electron chi connectivity index (χ4n) is 1.93. The molecule has 0 spiro atoms. The molecule has 0 radical (unpaired) electrons. The van der Waals surface area contributed by atoms with Crippen LogP contribution in [0.5, 0.6) is 11.5 Å². The van der Waals surface area contributed by atoms with Crippen LogP contribution in [0.3, 0.4) is 0 Å². The lowest BCUT2D eigenvalue weighted by Crippen LogP contribution is -2.28. The van der Waals surface area contributed by atoms with E-state index in [1.165, 1.54) is 19.2 Å². The zero-order valence-electron chi connectivity index (χ0n) is 10.5. The summed E-state index contributed by atoms with van der Waals surface area (Å²) >= 11 is 3.32. The first kappa shape index (κ1) is 14.1. The van der Waals surface area contributed by atoms with Gasteiger partial charge in [-0.15, -0.1) is 0 Å². The maximum Gasteiger partial charge on any atom is 0.335 e. The molecule has 1 aliphatic heterocycles. The van der Waals surface area contributed by atoms with Gasteiger partial charge in [0.05, 0.1) is 23.8 Å². The molecule has 6 heteroatoms. The predicted molar refractivity (Wildman–Crippen MR) is 72.1 cm³/mol. The molecule has 2 rings (SSSR count). The number of hydrogen-bond acceptors (Lipinski definition) is 4. The Morgan fingerprint density at radius 3 is 2.89 bits per heavy atom. The highest BCUT2D eigenvalue weighted by atomic mass is 79.9. The lowest BCUT2D eigenvalue weighted by molar-refractivity contribution is 0.00609. The van der Waals surface area contributed by atoms with Gasteiger partial charge in [-0.2, -0.15) is 0 Å². The fourth-order valence-corrected chi connectivity index (χ4v) is 2.46. The van der Waals surface area contributed by atoms with Crippen LogP contribution < -0.4 is 9.47 Å². The number of methoxy groups -OCH3 is 1. The molecule has 1 aliphatic rings. The van der Waals surface area contributed by atoms with E-state index in [1.54, 1.807) is 0 Å². The van der Waals surface area contributed by atoms with E-state index in [2.05, 4.69) is 15.9 Å². The molecule has 0 aromatic heterocycles. The zero-order valence-corrected chi connectivity index (χ0v) is 12.1. The normalized spacial score (nSPS) is 18.9. The van der Waals surface area contributed by atoms with Crippen LogP contribution in [-0.2, 0) is 4.74 Å². The minimum absolute atomic E-state index is 0.0328. The number of benzene rings is 1. The molecular formula is C13H15BrO5. The van der Waals surface area contributed by atoms with Gasteiger partial charge < -0.3 is 19.3 Å². The predicted octanol–water partition coefficient (Wildman–Crippen LogP) is 2.71. The summed E-state index contributed by atoms with van der Waals surface area (Å²) in [5.74, 6) is -0.0908. The maximum atomic E-state index is 11.0. The number of carbonyl (C=O) groups is 1. The van der Waals surface area contributed by atoms with Crippen molar-refractivity contribution in [3.63, 3.8) is 0 Å². The average molecular weight is 331 g/mol. The Morgan fingerprint density at radius 2 is 2.32 bits per heavy atom. The van der Waals surface area contributed by atoms with E-state index in [1.807, 2.05) is 0 Å². The molecule has 1 aromatic rings. The minimum Gasteiger partial charge on any atom is -0.493 e. The van der Waals surface area contributed by atoms with Crippen LogP contribution in [0.4, 0.5) is 0 Å². The summed E-state index contributed by atoms with van der Waals surface area (Å²) < 4.78 is 17.0. The summed E-state index contributed by atoms with van der Waals surface area (Å²) in [5, 5.41) is 9.00. The lowest BCUT2D eigenvalue weighted by Gasteiger charge is -2.24. The van der Waals surface area contributed by atoms with Crippen LogP contribution >= 0.6 is 15.9 Å². The number of halogens is 1. The van der Waals surface area contributed by atoms with Crippen LogP contribution in [-0.4, -0.2) is 37.5 Å². The van der Waals surface area contributed by atoms with Crippen molar-refractivity contribution in [2.45, 2.75) is 18.9 Å². The minimum atomic E-state index is -1.01.